The Morgan fingerprint density at radius 1 is 1.20 bits per heavy atom. The number of nitrogens with zero attached hydrogens (tertiary/aromatic N) is 2. The zero-order valence-electron chi connectivity index (χ0n) is 7.57. The van der Waals surface area contributed by atoms with Crippen LogP contribution >= 0.6 is 11.6 Å². The number of hydrogen-bond acceptors (Lipinski definition) is 4. The van der Waals surface area contributed by atoms with E-state index < -0.39 is 0 Å². The number of rotatable bonds is 2. The third-order valence-electron chi connectivity index (χ3n) is 1.51. The zero-order chi connectivity index (χ0) is 11.3. The van der Waals surface area contributed by atoms with Crippen LogP contribution in [0.15, 0.2) is 35.7 Å². The predicted molar refractivity (Wildman–Crippen MR) is 54.5 cm³/mol. The summed E-state index contributed by atoms with van der Waals surface area (Å²) in [6.07, 6.45) is 0. The van der Waals surface area contributed by atoms with E-state index >= 15 is 0 Å². The fourth-order valence-electron chi connectivity index (χ4n) is 0.816. The number of halogens is 1. The van der Waals surface area contributed by atoms with Gasteiger partial charge in [-0.25, -0.2) is 0 Å². The van der Waals surface area contributed by atoms with Gasteiger partial charge in [0, 0.05) is 5.02 Å². The molecule has 0 atom stereocenters. The quantitative estimate of drug-likeness (QED) is 0.609. The molecule has 5 heteroatoms. The summed E-state index contributed by atoms with van der Waals surface area (Å²) in [5.41, 5.74) is 5.13. The van der Waals surface area contributed by atoms with Gasteiger partial charge in [-0.3, -0.25) is 0 Å². The molecule has 0 bridgehead atoms. The minimum absolute atomic E-state index is 0.220. The number of ether oxygens (including phenoxy) is 1. The van der Waals surface area contributed by atoms with Crippen LogP contribution in [0.3, 0.4) is 0 Å². The Labute approximate surface area is 91.7 Å². The third-order valence-corrected chi connectivity index (χ3v) is 1.76. The maximum absolute atomic E-state index is 8.51. The van der Waals surface area contributed by atoms with Gasteiger partial charge >= 0.3 is 0 Å². The van der Waals surface area contributed by atoms with Crippen LogP contribution in [0.2, 0.25) is 5.02 Å². The zero-order valence-corrected chi connectivity index (χ0v) is 8.32. The van der Waals surface area contributed by atoms with Gasteiger partial charge in [-0.2, -0.15) is 10.5 Å². The molecule has 1 aromatic rings. The van der Waals surface area contributed by atoms with Crippen molar-refractivity contribution in [1.82, 2.24) is 0 Å². The number of allylic oxidation sites excluding steroid dienone is 1. The molecular weight excluding hydrogens is 214 g/mol. The second-order valence-electron chi connectivity index (χ2n) is 2.52. The van der Waals surface area contributed by atoms with Crippen molar-refractivity contribution in [1.29, 1.82) is 10.5 Å². The molecule has 1 aromatic carbocycles. The second kappa shape index (κ2) is 4.90. The first-order chi connectivity index (χ1) is 7.17. The van der Waals surface area contributed by atoms with Crippen molar-refractivity contribution in [2.24, 2.45) is 5.73 Å². The van der Waals surface area contributed by atoms with Crippen molar-refractivity contribution in [3.63, 3.8) is 0 Å². The summed E-state index contributed by atoms with van der Waals surface area (Å²) in [4.78, 5) is 0. The van der Waals surface area contributed by atoms with Gasteiger partial charge in [0.15, 0.2) is 5.57 Å². The maximum Gasteiger partial charge on any atom is 0.219 e. The summed E-state index contributed by atoms with van der Waals surface area (Å²) in [7, 11) is 0. The molecule has 0 amide bonds. The monoisotopic (exact) mass is 219 g/mol. The summed E-state index contributed by atoms with van der Waals surface area (Å²) >= 11 is 5.66. The average molecular weight is 220 g/mol. The van der Waals surface area contributed by atoms with Gasteiger partial charge < -0.3 is 10.5 Å². The van der Waals surface area contributed by atoms with E-state index in [1.54, 1.807) is 36.4 Å². The fourth-order valence-corrected chi connectivity index (χ4v) is 0.942. The average Bonchev–Trinajstić information content (AvgIpc) is 2.23. The summed E-state index contributed by atoms with van der Waals surface area (Å²) in [5.74, 6) is 0.197. The SMILES string of the molecule is N#CC(C#N)=C(N)Oc1ccc(Cl)cc1. The molecule has 0 radical (unpaired) electrons. The first-order valence-corrected chi connectivity index (χ1v) is 4.28. The van der Waals surface area contributed by atoms with Crippen LogP contribution in [-0.2, 0) is 0 Å². The smallest absolute Gasteiger partial charge is 0.219 e. The van der Waals surface area contributed by atoms with E-state index in [2.05, 4.69) is 0 Å². The first-order valence-electron chi connectivity index (χ1n) is 3.90. The van der Waals surface area contributed by atoms with Gasteiger partial charge in [0.1, 0.15) is 17.9 Å². The Hall–Kier alpha value is -2.17. The summed E-state index contributed by atoms with van der Waals surface area (Å²) in [6, 6.07) is 9.65. The van der Waals surface area contributed by atoms with Crippen LogP contribution < -0.4 is 10.5 Å². The molecule has 2 N–H and O–H groups in total. The molecule has 0 unspecified atom stereocenters. The number of benzene rings is 1. The normalized spacial score (nSPS) is 8.47. The molecule has 0 saturated heterocycles. The van der Waals surface area contributed by atoms with Crippen molar-refractivity contribution in [3.8, 4) is 17.9 Å². The predicted octanol–water partition coefficient (Wildman–Crippen LogP) is 1.94. The van der Waals surface area contributed by atoms with Gasteiger partial charge in [0.25, 0.3) is 0 Å². The van der Waals surface area contributed by atoms with Crippen molar-refractivity contribution in [3.05, 3.63) is 40.7 Å². The van der Waals surface area contributed by atoms with E-state index in [0.717, 1.165) is 0 Å². The molecule has 0 aliphatic heterocycles. The molecule has 0 saturated carbocycles. The van der Waals surface area contributed by atoms with Crippen LogP contribution in [0.25, 0.3) is 0 Å². The minimum atomic E-state index is -0.259. The Balaban J connectivity index is 2.89. The standard InChI is InChI=1S/C10H6ClN3O/c11-8-1-3-9(4-2-8)15-10(14)7(5-12)6-13/h1-4H,14H2. The topological polar surface area (TPSA) is 82.8 Å². The molecule has 4 nitrogen and oxygen atoms in total. The third kappa shape index (κ3) is 2.91. The maximum atomic E-state index is 8.51. The summed E-state index contributed by atoms with van der Waals surface area (Å²) < 4.78 is 5.07. The lowest BCUT2D eigenvalue weighted by Crippen LogP contribution is -2.08. The molecule has 1 rings (SSSR count). The Kier molecular flexibility index (Phi) is 3.56. The van der Waals surface area contributed by atoms with Gasteiger partial charge in [0.2, 0.25) is 5.88 Å². The van der Waals surface area contributed by atoms with E-state index in [4.69, 9.17) is 32.6 Å². The van der Waals surface area contributed by atoms with E-state index in [9.17, 15) is 0 Å². The van der Waals surface area contributed by atoms with Crippen molar-refractivity contribution in [2.45, 2.75) is 0 Å². The lowest BCUT2D eigenvalue weighted by Gasteiger charge is -2.04. The van der Waals surface area contributed by atoms with Crippen molar-refractivity contribution < 1.29 is 4.74 Å². The van der Waals surface area contributed by atoms with Crippen molar-refractivity contribution in [2.75, 3.05) is 0 Å². The van der Waals surface area contributed by atoms with Crippen LogP contribution in [0.4, 0.5) is 0 Å². The lowest BCUT2D eigenvalue weighted by molar-refractivity contribution is 0.417. The van der Waals surface area contributed by atoms with E-state index in [1.807, 2.05) is 0 Å². The van der Waals surface area contributed by atoms with Crippen LogP contribution in [-0.4, -0.2) is 0 Å². The fraction of sp³-hybridized carbons (Fsp3) is 0. The number of nitrogens with two attached hydrogens (primary N) is 1. The molecule has 15 heavy (non-hydrogen) atoms. The molecule has 0 aromatic heterocycles. The van der Waals surface area contributed by atoms with Crippen LogP contribution in [0.1, 0.15) is 0 Å². The molecular formula is C10H6ClN3O. The largest absolute Gasteiger partial charge is 0.439 e. The second-order valence-corrected chi connectivity index (χ2v) is 2.96. The minimum Gasteiger partial charge on any atom is -0.439 e. The van der Waals surface area contributed by atoms with Crippen LogP contribution in [0.5, 0.6) is 5.75 Å². The van der Waals surface area contributed by atoms with E-state index in [0.29, 0.717) is 10.8 Å². The molecule has 74 valence electrons. The lowest BCUT2D eigenvalue weighted by atomic mass is 10.3. The molecule has 0 aliphatic rings. The highest BCUT2D eigenvalue weighted by molar-refractivity contribution is 6.30. The highest BCUT2D eigenvalue weighted by Crippen LogP contribution is 2.17. The highest BCUT2D eigenvalue weighted by atomic mass is 35.5. The van der Waals surface area contributed by atoms with Crippen LogP contribution in [0, 0.1) is 22.7 Å². The van der Waals surface area contributed by atoms with Crippen molar-refractivity contribution >= 4 is 11.6 Å². The van der Waals surface area contributed by atoms with Gasteiger partial charge in [0.05, 0.1) is 0 Å². The summed E-state index contributed by atoms with van der Waals surface area (Å²) in [5, 5.41) is 17.6. The summed E-state index contributed by atoms with van der Waals surface area (Å²) in [6.45, 7) is 0. The van der Waals surface area contributed by atoms with Gasteiger partial charge in [-0.15, -0.1) is 0 Å². The number of hydrogen-bond donors (Lipinski definition) is 1. The Morgan fingerprint density at radius 2 is 1.73 bits per heavy atom. The molecule has 0 heterocycles. The Bertz CT molecular complexity index is 449. The molecule has 0 aliphatic carbocycles. The first kappa shape index (κ1) is 10.9. The Morgan fingerprint density at radius 3 is 2.20 bits per heavy atom. The van der Waals surface area contributed by atoms with Gasteiger partial charge in [-0.1, -0.05) is 11.6 Å². The van der Waals surface area contributed by atoms with Gasteiger partial charge in [-0.05, 0) is 24.3 Å². The van der Waals surface area contributed by atoms with E-state index in [-0.39, 0.29) is 11.5 Å². The number of nitriles is 2. The highest BCUT2D eigenvalue weighted by Gasteiger charge is 2.04. The molecule has 0 fully saturated rings. The van der Waals surface area contributed by atoms with E-state index in [1.165, 1.54) is 0 Å². The molecule has 0 spiro atoms.